The molecule has 5 heteroatoms. The van der Waals surface area contributed by atoms with Gasteiger partial charge in [-0.15, -0.1) is 0 Å². The number of hydrogen-bond acceptors (Lipinski definition) is 2. The van der Waals surface area contributed by atoms with Crippen LogP contribution in [0.2, 0.25) is 0 Å². The third kappa shape index (κ3) is 6.71. The number of nitrogens with one attached hydrogen (secondary N) is 2. The van der Waals surface area contributed by atoms with Crippen LogP contribution in [0, 0.1) is 0 Å². The van der Waals surface area contributed by atoms with Crippen molar-refractivity contribution in [2.75, 3.05) is 13.2 Å². The van der Waals surface area contributed by atoms with E-state index in [1.165, 1.54) is 5.56 Å². The number of benzene rings is 2. The van der Waals surface area contributed by atoms with Crippen molar-refractivity contribution < 1.29 is 9.53 Å². The minimum atomic E-state index is -0.162. The lowest BCUT2D eigenvalue weighted by Crippen LogP contribution is -2.35. The van der Waals surface area contributed by atoms with Gasteiger partial charge in [-0.25, -0.2) is 4.79 Å². The van der Waals surface area contributed by atoms with Crippen molar-refractivity contribution in [3.8, 4) is 5.75 Å². The molecule has 2 aromatic rings. The maximum atomic E-state index is 11.8. The summed E-state index contributed by atoms with van der Waals surface area (Å²) < 4.78 is 6.75. The van der Waals surface area contributed by atoms with E-state index in [1.54, 1.807) is 0 Å². The number of amides is 2. The Bertz CT molecular complexity index is 712. The van der Waals surface area contributed by atoms with Gasteiger partial charge in [0.15, 0.2) is 0 Å². The highest BCUT2D eigenvalue weighted by Gasteiger charge is 2.15. The van der Waals surface area contributed by atoms with Crippen molar-refractivity contribution in [2.45, 2.75) is 39.2 Å². The van der Waals surface area contributed by atoms with E-state index >= 15 is 0 Å². The van der Waals surface area contributed by atoms with E-state index in [1.807, 2.05) is 36.4 Å². The molecule has 0 aliphatic carbocycles. The molecule has 2 aromatic carbocycles. The summed E-state index contributed by atoms with van der Waals surface area (Å²) in [5, 5.41) is 5.68. The zero-order chi connectivity index (χ0) is 19.0. The molecule has 4 nitrogen and oxygen atoms in total. The zero-order valence-corrected chi connectivity index (χ0v) is 17.2. The first kappa shape index (κ1) is 20.3. The van der Waals surface area contributed by atoms with Gasteiger partial charge >= 0.3 is 6.03 Å². The topological polar surface area (TPSA) is 50.4 Å². The molecule has 0 spiro atoms. The third-order valence-electron chi connectivity index (χ3n) is 3.96. The minimum Gasteiger partial charge on any atom is -0.492 e. The first-order valence-corrected chi connectivity index (χ1v) is 9.64. The monoisotopic (exact) mass is 418 g/mol. The van der Waals surface area contributed by atoms with Gasteiger partial charge in [-0.05, 0) is 51.0 Å². The molecule has 26 heavy (non-hydrogen) atoms. The highest BCUT2D eigenvalue weighted by atomic mass is 79.9. The first-order valence-electron chi connectivity index (χ1n) is 8.85. The summed E-state index contributed by atoms with van der Waals surface area (Å²) >= 11 is 3.57. The number of ether oxygens (including phenoxy) is 1. The second kappa shape index (κ2) is 9.62. The van der Waals surface area contributed by atoms with Gasteiger partial charge in [-0.2, -0.15) is 0 Å². The van der Waals surface area contributed by atoms with E-state index in [-0.39, 0.29) is 11.4 Å². The predicted octanol–water partition coefficient (Wildman–Crippen LogP) is 5.01. The second-order valence-electron chi connectivity index (χ2n) is 7.19. The quantitative estimate of drug-likeness (QED) is 0.620. The zero-order valence-electron chi connectivity index (χ0n) is 15.6. The largest absolute Gasteiger partial charge is 0.492 e. The summed E-state index contributed by atoms with van der Waals surface area (Å²) in [7, 11) is 0. The molecule has 2 N–H and O–H groups in total. The van der Waals surface area contributed by atoms with Crippen molar-refractivity contribution >= 4 is 22.0 Å². The molecule has 0 unspecified atom stereocenters. The lowest BCUT2D eigenvalue weighted by molar-refractivity contribution is 0.238. The van der Waals surface area contributed by atoms with Gasteiger partial charge in [-0.1, -0.05) is 57.2 Å². The van der Waals surface area contributed by atoms with Crippen LogP contribution in [0.15, 0.2) is 53.0 Å². The Morgan fingerprint density at radius 3 is 2.46 bits per heavy atom. The van der Waals surface area contributed by atoms with E-state index in [4.69, 9.17) is 4.74 Å². The lowest BCUT2D eigenvalue weighted by atomic mass is 9.87. The minimum absolute atomic E-state index is 0.109. The van der Waals surface area contributed by atoms with E-state index in [0.29, 0.717) is 19.7 Å². The predicted molar refractivity (Wildman–Crippen MR) is 110 cm³/mol. The SMILES string of the molecule is CC(C)(C)c1ccc(OCCCNC(=O)NCc2ccccc2)c(Br)c1. The fraction of sp³-hybridized carbons (Fsp3) is 0.381. The van der Waals surface area contributed by atoms with Crippen LogP contribution < -0.4 is 15.4 Å². The maximum absolute atomic E-state index is 11.8. The molecule has 0 aliphatic rings. The molecule has 0 fully saturated rings. The van der Waals surface area contributed by atoms with Crippen molar-refractivity contribution in [2.24, 2.45) is 0 Å². The van der Waals surface area contributed by atoms with Crippen molar-refractivity contribution in [3.63, 3.8) is 0 Å². The van der Waals surface area contributed by atoms with Crippen LogP contribution in [0.25, 0.3) is 0 Å². The molecule has 2 amide bonds. The molecule has 0 bridgehead atoms. The number of halogens is 1. The van der Waals surface area contributed by atoms with E-state index in [0.717, 1.165) is 22.2 Å². The molecule has 140 valence electrons. The highest BCUT2D eigenvalue weighted by Crippen LogP contribution is 2.31. The van der Waals surface area contributed by atoms with Gasteiger partial charge in [0.25, 0.3) is 0 Å². The van der Waals surface area contributed by atoms with Gasteiger partial charge in [-0.3, -0.25) is 0 Å². The van der Waals surface area contributed by atoms with Gasteiger partial charge in [0, 0.05) is 13.1 Å². The van der Waals surface area contributed by atoms with Crippen LogP contribution >= 0.6 is 15.9 Å². The summed E-state index contributed by atoms with van der Waals surface area (Å²) in [6.07, 6.45) is 0.742. The molecule has 0 aliphatic heterocycles. The molecule has 0 atom stereocenters. The second-order valence-corrected chi connectivity index (χ2v) is 8.05. The lowest BCUT2D eigenvalue weighted by Gasteiger charge is -2.20. The number of carbonyl (C=O) groups is 1. The Labute approximate surface area is 164 Å². The summed E-state index contributed by atoms with van der Waals surface area (Å²) in [6.45, 7) is 8.19. The van der Waals surface area contributed by atoms with Crippen LogP contribution in [0.4, 0.5) is 4.79 Å². The molecular formula is C21H27BrN2O2. The van der Waals surface area contributed by atoms with Crippen molar-refractivity contribution in [3.05, 3.63) is 64.1 Å². The van der Waals surface area contributed by atoms with Crippen molar-refractivity contribution in [1.82, 2.24) is 10.6 Å². The maximum Gasteiger partial charge on any atom is 0.315 e. The Kier molecular flexibility index (Phi) is 7.51. The average molecular weight is 419 g/mol. The molecular weight excluding hydrogens is 392 g/mol. The summed E-state index contributed by atoms with van der Waals surface area (Å²) in [5.41, 5.74) is 2.45. The van der Waals surface area contributed by atoms with Crippen molar-refractivity contribution in [1.29, 1.82) is 0 Å². The number of hydrogen-bond donors (Lipinski definition) is 2. The Morgan fingerprint density at radius 1 is 1.08 bits per heavy atom. The van der Waals surface area contributed by atoms with Crippen LogP contribution in [0.3, 0.4) is 0 Å². The van der Waals surface area contributed by atoms with Crippen LogP contribution in [-0.2, 0) is 12.0 Å². The van der Waals surface area contributed by atoms with E-state index < -0.39 is 0 Å². The fourth-order valence-electron chi connectivity index (χ4n) is 2.38. The number of carbonyl (C=O) groups excluding carboxylic acids is 1. The molecule has 0 saturated carbocycles. The third-order valence-corrected chi connectivity index (χ3v) is 4.58. The Hall–Kier alpha value is -2.01. The average Bonchev–Trinajstić information content (AvgIpc) is 2.61. The standard InChI is InChI=1S/C21H27BrN2O2/c1-21(2,3)17-10-11-19(18(22)14-17)26-13-7-12-23-20(25)24-15-16-8-5-4-6-9-16/h4-6,8-11,14H,7,12-13,15H2,1-3H3,(H2,23,24,25). The van der Waals surface area contributed by atoms with Gasteiger partial charge < -0.3 is 15.4 Å². The molecule has 0 aromatic heterocycles. The number of rotatable bonds is 7. The van der Waals surface area contributed by atoms with Gasteiger partial charge in [0.1, 0.15) is 5.75 Å². The summed E-state index contributed by atoms with van der Waals surface area (Å²) in [6, 6.07) is 15.9. The summed E-state index contributed by atoms with van der Waals surface area (Å²) in [5.74, 6) is 0.825. The fourth-order valence-corrected chi connectivity index (χ4v) is 2.87. The van der Waals surface area contributed by atoms with E-state index in [2.05, 4.69) is 59.5 Å². The highest BCUT2D eigenvalue weighted by molar-refractivity contribution is 9.10. The van der Waals surface area contributed by atoms with E-state index in [9.17, 15) is 4.79 Å². The van der Waals surface area contributed by atoms with Gasteiger partial charge in [0.2, 0.25) is 0 Å². The first-order chi connectivity index (χ1) is 12.4. The Morgan fingerprint density at radius 2 is 1.81 bits per heavy atom. The van der Waals surface area contributed by atoms with Crippen LogP contribution in [0.1, 0.15) is 38.3 Å². The molecule has 2 rings (SSSR count). The molecule has 0 heterocycles. The van der Waals surface area contributed by atoms with Crippen LogP contribution in [0.5, 0.6) is 5.75 Å². The summed E-state index contributed by atoms with van der Waals surface area (Å²) in [4.78, 5) is 11.8. The van der Waals surface area contributed by atoms with Gasteiger partial charge in [0.05, 0.1) is 11.1 Å². The smallest absolute Gasteiger partial charge is 0.315 e. The van der Waals surface area contributed by atoms with Crippen LogP contribution in [-0.4, -0.2) is 19.2 Å². The molecule has 0 saturated heterocycles. The molecule has 0 radical (unpaired) electrons. The normalized spacial score (nSPS) is 11.1. The Balaban J connectivity index is 1.65. The number of urea groups is 1.